The van der Waals surface area contributed by atoms with E-state index in [1.165, 1.54) is 32.4 Å². The van der Waals surface area contributed by atoms with Crippen molar-refractivity contribution in [3.63, 3.8) is 0 Å². The summed E-state index contributed by atoms with van der Waals surface area (Å²) in [7, 11) is -1.15. The molecule has 0 unspecified atom stereocenters. The Morgan fingerprint density at radius 3 is 2.16 bits per heavy atom. The summed E-state index contributed by atoms with van der Waals surface area (Å²) in [6, 6.07) is 26.6. The van der Waals surface area contributed by atoms with Crippen molar-refractivity contribution in [2.75, 3.05) is 6.61 Å². The fourth-order valence-electron chi connectivity index (χ4n) is 4.51. The van der Waals surface area contributed by atoms with Crippen LogP contribution in [0.3, 0.4) is 0 Å². The third kappa shape index (κ3) is 3.40. The van der Waals surface area contributed by atoms with Crippen molar-refractivity contribution in [3.8, 4) is 6.07 Å². The zero-order chi connectivity index (χ0) is 21.6. The minimum absolute atomic E-state index is 0.513. The van der Waals surface area contributed by atoms with Gasteiger partial charge in [0.1, 0.15) is 6.73 Å². The average molecular weight is 423 g/mol. The molecule has 154 valence electrons. The van der Waals surface area contributed by atoms with E-state index < -0.39 is 8.07 Å². The third-order valence-electron chi connectivity index (χ3n) is 6.08. The van der Waals surface area contributed by atoms with Gasteiger partial charge in [-0.3, -0.25) is 0 Å². The van der Waals surface area contributed by atoms with Gasteiger partial charge >= 0.3 is 0 Å². The number of aromatic nitrogens is 1. The van der Waals surface area contributed by atoms with Crippen LogP contribution in [0, 0.1) is 11.3 Å². The van der Waals surface area contributed by atoms with E-state index in [2.05, 4.69) is 84.9 Å². The second-order valence-corrected chi connectivity index (χ2v) is 15.1. The molecule has 0 aliphatic heterocycles. The number of ether oxygens (including phenoxy) is 1. The summed E-state index contributed by atoms with van der Waals surface area (Å²) in [6.07, 6.45) is 0. The molecule has 0 aliphatic rings. The Bertz CT molecular complexity index is 1480. The number of benzene rings is 4. The number of nitrogens with zero attached hydrogens (tertiary/aromatic N) is 2. The summed E-state index contributed by atoms with van der Waals surface area (Å²) in [4.78, 5) is 0. The topological polar surface area (TPSA) is 38.0 Å². The van der Waals surface area contributed by atoms with E-state index in [0.717, 1.165) is 23.6 Å². The lowest BCUT2D eigenvalue weighted by Gasteiger charge is -2.16. The molecular formula is C27H26N2OSi. The molecule has 31 heavy (non-hydrogen) atoms. The highest BCUT2D eigenvalue weighted by Gasteiger charge is 2.18. The Hall–Kier alpha value is -3.13. The van der Waals surface area contributed by atoms with Gasteiger partial charge in [0.15, 0.2) is 0 Å². The quantitative estimate of drug-likeness (QED) is 0.169. The Balaban J connectivity index is 1.83. The molecule has 0 N–H and O–H groups in total. The van der Waals surface area contributed by atoms with Gasteiger partial charge in [-0.2, -0.15) is 5.26 Å². The molecule has 0 amide bonds. The number of fused-ring (bicyclic) bond motifs is 8. The summed E-state index contributed by atoms with van der Waals surface area (Å²) in [5, 5.41) is 16.8. The van der Waals surface area contributed by atoms with Gasteiger partial charge in [-0.25, -0.2) is 0 Å². The number of nitriles is 1. The van der Waals surface area contributed by atoms with E-state index in [0.29, 0.717) is 12.3 Å². The highest BCUT2D eigenvalue weighted by Crippen LogP contribution is 2.41. The molecule has 0 fully saturated rings. The fourth-order valence-corrected chi connectivity index (χ4v) is 5.26. The Morgan fingerprint density at radius 2 is 1.48 bits per heavy atom. The van der Waals surface area contributed by atoms with Crippen LogP contribution in [0.4, 0.5) is 0 Å². The van der Waals surface area contributed by atoms with Crippen molar-refractivity contribution in [2.24, 2.45) is 0 Å². The van der Waals surface area contributed by atoms with Gasteiger partial charge in [-0.1, -0.05) is 68.2 Å². The van der Waals surface area contributed by atoms with Gasteiger partial charge in [0.25, 0.3) is 0 Å². The van der Waals surface area contributed by atoms with Crippen LogP contribution in [0.2, 0.25) is 25.7 Å². The fraction of sp³-hybridized carbons (Fsp3) is 0.222. The molecule has 4 heteroatoms. The molecule has 0 aliphatic carbocycles. The molecule has 0 spiro atoms. The minimum atomic E-state index is -1.15. The first-order chi connectivity index (χ1) is 15.0. The number of hydrogen-bond acceptors (Lipinski definition) is 2. The molecule has 0 saturated heterocycles. The van der Waals surface area contributed by atoms with Gasteiger partial charge < -0.3 is 9.30 Å². The first-order valence-electron chi connectivity index (χ1n) is 10.8. The predicted octanol–water partition coefficient (Wildman–Crippen LogP) is 7.28. The van der Waals surface area contributed by atoms with Crippen LogP contribution in [0.25, 0.3) is 43.4 Å². The van der Waals surface area contributed by atoms with Crippen LogP contribution < -0.4 is 0 Å². The number of rotatable bonds is 5. The summed E-state index contributed by atoms with van der Waals surface area (Å²) in [5.74, 6) is 0. The molecule has 5 rings (SSSR count). The maximum Gasteiger partial charge on any atom is 0.123 e. The van der Waals surface area contributed by atoms with Crippen LogP contribution >= 0.6 is 0 Å². The minimum Gasteiger partial charge on any atom is -0.361 e. The van der Waals surface area contributed by atoms with Gasteiger partial charge in [0.2, 0.25) is 0 Å². The third-order valence-corrected chi connectivity index (χ3v) is 7.78. The molecule has 0 saturated carbocycles. The smallest absolute Gasteiger partial charge is 0.123 e. The second kappa shape index (κ2) is 7.53. The van der Waals surface area contributed by atoms with E-state index in [4.69, 9.17) is 4.74 Å². The number of hydrogen-bond donors (Lipinski definition) is 0. The average Bonchev–Trinajstić information content (AvgIpc) is 3.10. The lowest BCUT2D eigenvalue weighted by atomic mass is 9.96. The molecule has 0 atom stereocenters. The van der Waals surface area contributed by atoms with Gasteiger partial charge in [0.05, 0.1) is 22.7 Å². The van der Waals surface area contributed by atoms with Crippen LogP contribution in [0.5, 0.6) is 0 Å². The zero-order valence-corrected chi connectivity index (χ0v) is 19.3. The zero-order valence-electron chi connectivity index (χ0n) is 18.3. The Kier molecular flexibility index (Phi) is 4.81. The van der Waals surface area contributed by atoms with Crippen molar-refractivity contribution in [3.05, 3.63) is 72.3 Å². The Labute approximate surface area is 183 Å². The monoisotopic (exact) mass is 422 g/mol. The summed E-state index contributed by atoms with van der Waals surface area (Å²) >= 11 is 0. The summed E-state index contributed by atoms with van der Waals surface area (Å²) in [5.41, 5.74) is 2.99. The largest absolute Gasteiger partial charge is 0.361 e. The maximum absolute atomic E-state index is 9.53. The molecule has 1 heterocycles. The van der Waals surface area contributed by atoms with Crippen molar-refractivity contribution in [1.29, 1.82) is 5.26 Å². The van der Waals surface area contributed by atoms with Crippen LogP contribution in [0.15, 0.2) is 66.7 Å². The lowest BCUT2D eigenvalue weighted by Crippen LogP contribution is -2.22. The molecular weight excluding hydrogens is 396 g/mol. The highest BCUT2D eigenvalue weighted by molar-refractivity contribution is 6.76. The van der Waals surface area contributed by atoms with Crippen molar-refractivity contribution >= 4 is 51.4 Å². The van der Waals surface area contributed by atoms with E-state index in [1.807, 2.05) is 12.1 Å². The van der Waals surface area contributed by atoms with Crippen LogP contribution in [0.1, 0.15) is 5.56 Å². The molecule has 0 radical (unpaired) electrons. The first kappa shape index (κ1) is 19.8. The lowest BCUT2D eigenvalue weighted by molar-refractivity contribution is 0.0930. The normalized spacial score (nSPS) is 12.2. The van der Waals surface area contributed by atoms with Crippen molar-refractivity contribution in [1.82, 2.24) is 4.57 Å². The first-order valence-corrected chi connectivity index (χ1v) is 14.5. The summed E-state index contributed by atoms with van der Waals surface area (Å²) in [6.45, 7) is 8.41. The SMILES string of the molecule is C[Si](C)(C)CCOCn1c2ccc(C#N)cc2c2c3ccccc3c3ccccc3c21. The van der Waals surface area contributed by atoms with Gasteiger partial charge in [0, 0.05) is 30.8 Å². The van der Waals surface area contributed by atoms with Gasteiger partial charge in [-0.05, 0) is 40.4 Å². The molecule has 3 nitrogen and oxygen atoms in total. The standard InChI is InChI=1S/C27H26N2OSi/c1-31(2,3)15-14-30-18-29-25-13-12-19(17-28)16-24(25)26-22-10-6-4-8-20(22)21-9-5-7-11-23(21)27(26)29/h4-13,16H,14-15,18H2,1-3H3. The predicted molar refractivity (Wildman–Crippen MR) is 133 cm³/mol. The summed E-state index contributed by atoms with van der Waals surface area (Å²) < 4.78 is 8.52. The van der Waals surface area contributed by atoms with Crippen LogP contribution in [-0.4, -0.2) is 19.2 Å². The molecule has 4 aromatic carbocycles. The molecule has 0 bridgehead atoms. The van der Waals surface area contributed by atoms with E-state index in [9.17, 15) is 5.26 Å². The van der Waals surface area contributed by atoms with Gasteiger partial charge in [-0.15, -0.1) is 0 Å². The van der Waals surface area contributed by atoms with Crippen molar-refractivity contribution in [2.45, 2.75) is 32.4 Å². The molecule has 1 aromatic heterocycles. The second-order valence-electron chi connectivity index (χ2n) is 9.43. The van der Waals surface area contributed by atoms with Crippen LogP contribution in [-0.2, 0) is 11.5 Å². The van der Waals surface area contributed by atoms with E-state index >= 15 is 0 Å². The molecule has 5 aromatic rings. The van der Waals surface area contributed by atoms with E-state index in [-0.39, 0.29) is 0 Å². The maximum atomic E-state index is 9.53. The Morgan fingerprint density at radius 1 is 0.839 bits per heavy atom. The van der Waals surface area contributed by atoms with Crippen molar-refractivity contribution < 1.29 is 4.74 Å². The van der Waals surface area contributed by atoms with E-state index in [1.54, 1.807) is 0 Å². The highest BCUT2D eigenvalue weighted by atomic mass is 28.3.